The second-order valence-electron chi connectivity index (χ2n) is 4.92. The van der Waals surface area contributed by atoms with Gasteiger partial charge in [0, 0.05) is 20.4 Å². The summed E-state index contributed by atoms with van der Waals surface area (Å²) >= 11 is 0. The van der Waals surface area contributed by atoms with Crippen molar-refractivity contribution >= 4 is 15.8 Å². The van der Waals surface area contributed by atoms with Crippen molar-refractivity contribution < 1.29 is 20.4 Å². The Morgan fingerprint density at radius 3 is 0.762 bits per heavy atom. The third-order valence-corrected chi connectivity index (χ3v) is 1.27. The molecule has 0 aliphatic rings. The zero-order valence-electron chi connectivity index (χ0n) is 14.1. The first-order valence-corrected chi connectivity index (χ1v) is 12.0. The van der Waals surface area contributed by atoms with Crippen LogP contribution in [0.2, 0.25) is 0 Å². The summed E-state index contributed by atoms with van der Waals surface area (Å²) in [4.78, 5) is 0. The number of hydrogen-bond acceptors (Lipinski definition) is 0. The molecule has 0 amide bonds. The Kier molecular flexibility index (Phi) is 27.4. The molecule has 0 unspecified atom stereocenters. The van der Waals surface area contributed by atoms with Crippen LogP contribution in [0.4, 0.5) is 0 Å². The van der Waals surface area contributed by atoms with E-state index >= 15 is 0 Å². The standard InChI is InChI=1S/C6H6.C6H5.2C3H9P.Re/c2*1-2-4-6-5-3-1;2*1-4(2)3;/h1-6H;1-5H;2*1-3H3;/q;-1;;;. The molecule has 0 fully saturated rings. The summed E-state index contributed by atoms with van der Waals surface area (Å²) < 4.78 is 0. The monoisotopic (exact) mass is 494 g/mol. The molecule has 2 aromatic carbocycles. The van der Waals surface area contributed by atoms with Gasteiger partial charge in [-0.05, 0) is 40.0 Å². The van der Waals surface area contributed by atoms with E-state index < -0.39 is 0 Å². The van der Waals surface area contributed by atoms with Crippen molar-refractivity contribution in [1.82, 2.24) is 0 Å². The SMILES string of the molecule is CP(C)C.CP(C)C.[Re].[c-]1ccccc1.c1ccccc1. The van der Waals surface area contributed by atoms with E-state index in [1.165, 1.54) is 0 Å². The summed E-state index contributed by atoms with van der Waals surface area (Å²) in [5, 5.41) is 0. The van der Waals surface area contributed by atoms with Crippen LogP contribution >= 0.6 is 15.8 Å². The van der Waals surface area contributed by atoms with Crippen LogP contribution in [0.3, 0.4) is 0 Å². The maximum Gasteiger partial charge on any atom is 0 e. The summed E-state index contributed by atoms with van der Waals surface area (Å²) in [6.45, 7) is 13.4. The Labute approximate surface area is 148 Å². The van der Waals surface area contributed by atoms with Crippen molar-refractivity contribution in [3.05, 3.63) is 72.8 Å². The normalized spacial score (nSPS) is 8.00. The number of hydrogen-bond donors (Lipinski definition) is 0. The molecular weight excluding hydrogens is 464 g/mol. The molecule has 0 aliphatic carbocycles. The molecule has 0 aromatic heterocycles. The minimum Gasteiger partial charge on any atom is -0.184 e. The molecule has 0 bridgehead atoms. The van der Waals surface area contributed by atoms with E-state index in [0.29, 0.717) is 15.8 Å². The van der Waals surface area contributed by atoms with Crippen molar-refractivity contribution in [3.8, 4) is 0 Å². The molecule has 2 aromatic rings. The molecule has 0 heterocycles. The van der Waals surface area contributed by atoms with Gasteiger partial charge in [-0.25, -0.2) is 0 Å². The maximum absolute atomic E-state index is 2.89. The van der Waals surface area contributed by atoms with Gasteiger partial charge in [-0.1, -0.05) is 36.4 Å². The topological polar surface area (TPSA) is 0 Å². The van der Waals surface area contributed by atoms with E-state index in [0.717, 1.165) is 0 Å². The van der Waals surface area contributed by atoms with E-state index in [1.54, 1.807) is 0 Å². The van der Waals surface area contributed by atoms with Gasteiger partial charge in [-0.15, -0.1) is 15.8 Å². The van der Waals surface area contributed by atoms with Crippen molar-refractivity contribution in [2.45, 2.75) is 0 Å². The van der Waals surface area contributed by atoms with Crippen molar-refractivity contribution in [2.75, 3.05) is 40.0 Å². The van der Waals surface area contributed by atoms with E-state index in [-0.39, 0.29) is 20.4 Å². The molecule has 3 heteroatoms. The van der Waals surface area contributed by atoms with E-state index in [1.807, 2.05) is 66.7 Å². The second-order valence-corrected chi connectivity index (χ2v) is 10.3. The van der Waals surface area contributed by atoms with E-state index in [4.69, 9.17) is 0 Å². The second kappa shape index (κ2) is 22.2. The van der Waals surface area contributed by atoms with Crippen molar-refractivity contribution in [1.29, 1.82) is 0 Å². The van der Waals surface area contributed by atoms with Crippen LogP contribution in [0.1, 0.15) is 0 Å². The zero-order chi connectivity index (χ0) is 15.6. The van der Waals surface area contributed by atoms with Gasteiger partial charge < -0.3 is 0 Å². The Morgan fingerprint density at radius 2 is 0.667 bits per heavy atom. The molecule has 21 heavy (non-hydrogen) atoms. The van der Waals surface area contributed by atoms with Crippen molar-refractivity contribution in [2.24, 2.45) is 0 Å². The first-order chi connectivity index (χ1) is 9.46. The van der Waals surface area contributed by atoms with Gasteiger partial charge in [0.1, 0.15) is 0 Å². The molecule has 0 aliphatic heterocycles. The molecule has 0 spiro atoms. The zero-order valence-corrected chi connectivity index (χ0v) is 18.6. The molecule has 0 nitrogen and oxygen atoms in total. The largest absolute Gasteiger partial charge is 0.184 e. The van der Waals surface area contributed by atoms with Crippen LogP contribution in [0.15, 0.2) is 66.7 Å². The average Bonchev–Trinajstić information content (AvgIpc) is 2.42. The van der Waals surface area contributed by atoms with Gasteiger partial charge in [-0.2, -0.15) is 36.4 Å². The molecule has 2 rings (SSSR count). The average molecular weight is 494 g/mol. The predicted octanol–water partition coefficient (Wildman–Crippen LogP) is 5.89. The van der Waals surface area contributed by atoms with Gasteiger partial charge in [0.15, 0.2) is 0 Å². The number of rotatable bonds is 0. The Morgan fingerprint density at radius 1 is 0.476 bits per heavy atom. The molecule has 119 valence electrons. The quantitative estimate of drug-likeness (QED) is 0.317. The van der Waals surface area contributed by atoms with Crippen LogP contribution in [0.25, 0.3) is 0 Å². The van der Waals surface area contributed by atoms with E-state index in [2.05, 4.69) is 46.1 Å². The van der Waals surface area contributed by atoms with E-state index in [9.17, 15) is 0 Å². The Balaban J connectivity index is -0.000000208. The number of benzene rings is 2. The summed E-state index contributed by atoms with van der Waals surface area (Å²) in [7, 11) is 0.759. The van der Waals surface area contributed by atoms with Gasteiger partial charge >= 0.3 is 0 Å². The third-order valence-electron chi connectivity index (χ3n) is 1.27. The first-order valence-electron chi connectivity index (χ1n) is 6.59. The predicted molar refractivity (Wildman–Crippen MR) is 101 cm³/mol. The van der Waals surface area contributed by atoms with Crippen LogP contribution < -0.4 is 0 Å². The van der Waals surface area contributed by atoms with Gasteiger partial charge in [0.25, 0.3) is 0 Å². The fraction of sp³-hybridized carbons (Fsp3) is 0.333. The molecule has 0 N–H and O–H groups in total. The van der Waals surface area contributed by atoms with Crippen molar-refractivity contribution in [3.63, 3.8) is 0 Å². The molecule has 0 saturated heterocycles. The third kappa shape index (κ3) is 45.0. The summed E-state index contributed by atoms with van der Waals surface area (Å²) in [6, 6.07) is 24.5. The fourth-order valence-electron chi connectivity index (χ4n) is 0.727. The fourth-order valence-corrected chi connectivity index (χ4v) is 0.727. The molecule has 0 atom stereocenters. The Hall–Kier alpha value is -0.0377. The van der Waals surface area contributed by atoms with Crippen LogP contribution in [0.5, 0.6) is 0 Å². The smallest absolute Gasteiger partial charge is 0 e. The van der Waals surface area contributed by atoms with Gasteiger partial charge in [0.2, 0.25) is 0 Å². The molecule has 1 radical (unpaired) electrons. The maximum atomic E-state index is 2.89. The minimum absolute atomic E-state index is 0. The summed E-state index contributed by atoms with van der Waals surface area (Å²) in [5.74, 6) is 0. The van der Waals surface area contributed by atoms with Crippen LogP contribution in [0, 0.1) is 6.07 Å². The Bertz CT molecular complexity index is 254. The van der Waals surface area contributed by atoms with Crippen LogP contribution in [-0.4, -0.2) is 40.0 Å². The summed E-state index contributed by atoms with van der Waals surface area (Å²) in [6.07, 6.45) is 0. The minimum atomic E-state index is 0. The van der Waals surface area contributed by atoms with Gasteiger partial charge in [-0.3, -0.25) is 0 Å². The van der Waals surface area contributed by atoms with Gasteiger partial charge in [0.05, 0.1) is 0 Å². The molecule has 0 saturated carbocycles. The molecular formula is C18H29P2Re-. The summed E-state index contributed by atoms with van der Waals surface area (Å²) in [5.41, 5.74) is 0. The first kappa shape index (κ1) is 25.9. The van der Waals surface area contributed by atoms with Crippen LogP contribution in [-0.2, 0) is 20.4 Å².